The third-order valence-electron chi connectivity index (χ3n) is 10.7. The normalized spacial score (nSPS) is 58.3. The van der Waals surface area contributed by atoms with Gasteiger partial charge in [0.15, 0.2) is 5.78 Å². The zero-order valence-corrected chi connectivity index (χ0v) is 17.9. The number of hydrogen-bond acceptors (Lipinski definition) is 6. The molecule has 8 nitrogen and oxygen atoms in total. The lowest BCUT2D eigenvalue weighted by Crippen LogP contribution is -2.68. The van der Waals surface area contributed by atoms with Crippen LogP contribution in [0.2, 0.25) is 0 Å². The van der Waals surface area contributed by atoms with Gasteiger partial charge in [0.2, 0.25) is 0 Å². The molecular formula is C23H30O8. The summed E-state index contributed by atoms with van der Waals surface area (Å²) in [6.07, 6.45) is 2.43. The second-order valence-corrected chi connectivity index (χ2v) is 11.5. The van der Waals surface area contributed by atoms with Gasteiger partial charge in [-0.05, 0) is 44.4 Å². The highest BCUT2D eigenvalue weighted by Gasteiger charge is 2.90. The number of carbonyl (C=O) groups excluding carboxylic acids is 1. The molecule has 0 aromatic heterocycles. The third-order valence-corrected chi connectivity index (χ3v) is 10.7. The summed E-state index contributed by atoms with van der Waals surface area (Å²) in [4.78, 5) is 36.2. The minimum atomic E-state index is -1.14. The predicted octanol–water partition coefficient (Wildman–Crippen LogP) is 1.77. The van der Waals surface area contributed by atoms with Gasteiger partial charge in [-0.25, -0.2) is 0 Å². The first-order valence-electron chi connectivity index (χ1n) is 11.5. The van der Waals surface area contributed by atoms with Gasteiger partial charge in [-0.1, -0.05) is 13.8 Å². The summed E-state index contributed by atoms with van der Waals surface area (Å²) >= 11 is 0. The van der Waals surface area contributed by atoms with Crippen molar-refractivity contribution < 1.29 is 39.2 Å². The Morgan fingerprint density at radius 2 is 1.87 bits per heavy atom. The molecule has 2 spiro atoms. The number of Topliss-reactive ketones (excluding diaryl/α,β-unsaturated/α-hetero) is 1. The Bertz CT molecular complexity index is 917. The van der Waals surface area contributed by atoms with E-state index < -0.39 is 51.6 Å². The monoisotopic (exact) mass is 434 g/mol. The van der Waals surface area contributed by atoms with Crippen LogP contribution in [0.4, 0.5) is 0 Å². The Kier molecular flexibility index (Phi) is 3.58. The molecule has 0 bridgehead atoms. The van der Waals surface area contributed by atoms with Crippen LogP contribution in [0.1, 0.15) is 65.2 Å². The van der Waals surface area contributed by atoms with E-state index in [-0.39, 0.29) is 36.6 Å². The van der Waals surface area contributed by atoms with Crippen LogP contribution >= 0.6 is 0 Å². The van der Waals surface area contributed by atoms with Crippen molar-refractivity contribution in [3.8, 4) is 0 Å². The minimum Gasteiger partial charge on any atom is -0.481 e. The van der Waals surface area contributed by atoms with Gasteiger partial charge in [-0.15, -0.1) is 0 Å². The first-order chi connectivity index (χ1) is 14.5. The van der Waals surface area contributed by atoms with E-state index in [0.29, 0.717) is 38.5 Å². The van der Waals surface area contributed by atoms with Crippen LogP contribution in [0.25, 0.3) is 0 Å². The molecule has 2 heterocycles. The number of fused-ring (bicyclic) bond motifs is 2. The molecule has 10 atom stereocenters. The maximum absolute atomic E-state index is 12.5. The first kappa shape index (κ1) is 20.1. The van der Waals surface area contributed by atoms with Crippen LogP contribution < -0.4 is 0 Å². The highest BCUT2D eigenvalue weighted by molar-refractivity contribution is 5.89. The van der Waals surface area contributed by atoms with Gasteiger partial charge < -0.3 is 24.8 Å². The SMILES string of the molecule is C[C@]12C[C@@H]3OC34[C@@H]([C@H](C(=O)O)C[C@]35O[C@H]3C(=O)CC[C@]45C)[C@@H]1CC[C@@]2(O)CCC(=O)O. The highest BCUT2D eigenvalue weighted by atomic mass is 16.6. The minimum absolute atomic E-state index is 0.0678. The molecule has 0 radical (unpaired) electrons. The van der Waals surface area contributed by atoms with E-state index in [1.165, 1.54) is 0 Å². The predicted molar refractivity (Wildman–Crippen MR) is 104 cm³/mol. The van der Waals surface area contributed by atoms with Crippen molar-refractivity contribution >= 4 is 17.7 Å². The number of carboxylic acids is 2. The topological polar surface area (TPSA) is 137 Å². The van der Waals surface area contributed by atoms with Gasteiger partial charge in [-0.2, -0.15) is 0 Å². The standard InChI is InChI=1S/C23H30O8/c1-19-10-14-23(30-14)16(12(19)3-7-21(19,29)8-5-15(25)26)11(18(27)28)9-22-17(31-22)13(24)4-6-20(22,23)2/h11-12,14,16-17,29H,3-10H2,1-2H3,(H,25,26)(H,27,28)/t11-,12+,14+,16+,17+,19+,20+,21-,22+,23?/m1/s1. The summed E-state index contributed by atoms with van der Waals surface area (Å²) in [6.45, 7) is 4.13. The molecule has 4 aliphatic carbocycles. The molecule has 2 saturated heterocycles. The average Bonchev–Trinajstić information content (AvgIpc) is 3.58. The van der Waals surface area contributed by atoms with Gasteiger partial charge in [-0.3, -0.25) is 14.4 Å². The van der Waals surface area contributed by atoms with E-state index in [1.54, 1.807) is 0 Å². The van der Waals surface area contributed by atoms with E-state index >= 15 is 0 Å². The molecule has 0 amide bonds. The van der Waals surface area contributed by atoms with E-state index in [9.17, 15) is 29.7 Å². The Morgan fingerprint density at radius 3 is 2.55 bits per heavy atom. The average molecular weight is 434 g/mol. The molecule has 6 aliphatic rings. The number of carboxylic acid groups (broad SMARTS) is 2. The molecule has 2 aliphatic heterocycles. The number of hydrogen-bond donors (Lipinski definition) is 3. The Morgan fingerprint density at radius 1 is 1.13 bits per heavy atom. The highest BCUT2D eigenvalue weighted by Crippen LogP contribution is 2.81. The van der Waals surface area contributed by atoms with Gasteiger partial charge >= 0.3 is 11.9 Å². The molecule has 0 aromatic carbocycles. The Labute approximate surface area is 180 Å². The molecule has 31 heavy (non-hydrogen) atoms. The van der Waals surface area contributed by atoms with Crippen LogP contribution in [0, 0.1) is 28.6 Å². The maximum Gasteiger partial charge on any atom is 0.307 e. The zero-order chi connectivity index (χ0) is 22.2. The van der Waals surface area contributed by atoms with Gasteiger partial charge in [0.05, 0.1) is 17.6 Å². The zero-order valence-electron chi connectivity index (χ0n) is 17.9. The number of ketones is 1. The number of rotatable bonds is 4. The molecule has 6 fully saturated rings. The summed E-state index contributed by atoms with van der Waals surface area (Å²) in [6, 6.07) is 0. The van der Waals surface area contributed by atoms with Gasteiger partial charge in [0.1, 0.15) is 17.3 Å². The Hall–Kier alpha value is -1.51. The maximum atomic E-state index is 12.5. The summed E-state index contributed by atoms with van der Waals surface area (Å²) in [5.41, 5.74) is -3.56. The lowest BCUT2D eigenvalue weighted by Gasteiger charge is -2.59. The molecule has 4 saturated carbocycles. The van der Waals surface area contributed by atoms with Crippen molar-refractivity contribution in [2.45, 2.75) is 94.2 Å². The van der Waals surface area contributed by atoms with Crippen molar-refractivity contribution in [1.29, 1.82) is 0 Å². The number of carbonyl (C=O) groups is 3. The number of ether oxygens (including phenoxy) is 2. The Balaban J connectivity index is 1.43. The van der Waals surface area contributed by atoms with Crippen LogP contribution in [-0.2, 0) is 23.9 Å². The van der Waals surface area contributed by atoms with Crippen molar-refractivity contribution in [2.24, 2.45) is 28.6 Å². The molecular weight excluding hydrogens is 404 g/mol. The molecule has 8 heteroatoms. The van der Waals surface area contributed by atoms with E-state index in [4.69, 9.17) is 9.47 Å². The van der Waals surface area contributed by atoms with E-state index in [2.05, 4.69) is 6.92 Å². The smallest absolute Gasteiger partial charge is 0.307 e. The van der Waals surface area contributed by atoms with Crippen LogP contribution in [0.15, 0.2) is 0 Å². The number of epoxide rings is 2. The van der Waals surface area contributed by atoms with Crippen LogP contribution in [-0.4, -0.2) is 62.1 Å². The molecule has 170 valence electrons. The lowest BCUT2D eigenvalue weighted by atomic mass is 9.41. The molecule has 3 N–H and O–H groups in total. The second-order valence-electron chi connectivity index (χ2n) is 11.5. The van der Waals surface area contributed by atoms with Crippen LogP contribution in [0.5, 0.6) is 0 Å². The van der Waals surface area contributed by atoms with Crippen molar-refractivity contribution in [1.82, 2.24) is 0 Å². The van der Waals surface area contributed by atoms with Gasteiger partial charge in [0, 0.05) is 29.6 Å². The van der Waals surface area contributed by atoms with Crippen molar-refractivity contribution in [2.75, 3.05) is 0 Å². The second kappa shape index (κ2) is 5.51. The largest absolute Gasteiger partial charge is 0.481 e. The number of aliphatic carboxylic acids is 2. The fraction of sp³-hybridized carbons (Fsp3) is 0.870. The third kappa shape index (κ3) is 2.02. The summed E-state index contributed by atoms with van der Waals surface area (Å²) in [5.74, 6) is -2.82. The summed E-state index contributed by atoms with van der Waals surface area (Å²) < 4.78 is 12.5. The van der Waals surface area contributed by atoms with E-state index in [0.717, 1.165) is 0 Å². The fourth-order valence-corrected chi connectivity index (χ4v) is 9.03. The molecule has 0 aromatic rings. The first-order valence-corrected chi connectivity index (χ1v) is 11.5. The van der Waals surface area contributed by atoms with Crippen molar-refractivity contribution in [3.63, 3.8) is 0 Å². The van der Waals surface area contributed by atoms with Crippen molar-refractivity contribution in [3.05, 3.63) is 0 Å². The molecule has 1 unspecified atom stereocenters. The molecule has 6 rings (SSSR count). The van der Waals surface area contributed by atoms with Crippen LogP contribution in [0.3, 0.4) is 0 Å². The quantitative estimate of drug-likeness (QED) is 0.569. The summed E-state index contributed by atoms with van der Waals surface area (Å²) in [5, 5.41) is 31.0. The lowest BCUT2D eigenvalue weighted by molar-refractivity contribution is -0.178. The fourth-order valence-electron chi connectivity index (χ4n) is 9.03. The number of aliphatic hydroxyl groups is 1. The summed E-state index contributed by atoms with van der Waals surface area (Å²) in [7, 11) is 0. The van der Waals surface area contributed by atoms with Gasteiger partial charge in [0.25, 0.3) is 0 Å². The van der Waals surface area contributed by atoms with E-state index in [1.807, 2.05) is 6.92 Å².